The Bertz CT molecular complexity index is 806. The lowest BCUT2D eigenvalue weighted by atomic mass is 9.71. The van der Waals surface area contributed by atoms with Gasteiger partial charge in [0.25, 0.3) is 0 Å². The number of rotatable bonds is 5. The van der Waals surface area contributed by atoms with Gasteiger partial charge in [0.15, 0.2) is 11.1 Å². The van der Waals surface area contributed by atoms with Gasteiger partial charge in [0, 0.05) is 11.0 Å². The Morgan fingerprint density at radius 3 is 2.54 bits per heavy atom. The normalized spacial score (nSPS) is 32.8. The summed E-state index contributed by atoms with van der Waals surface area (Å²) < 4.78 is 25.4. The molecule has 138 valence electrons. The molecule has 2 heterocycles. The molecule has 4 atom stereocenters. The third kappa shape index (κ3) is 2.67. The summed E-state index contributed by atoms with van der Waals surface area (Å²) in [6.07, 6.45) is 4.28. The number of hydrogen-bond acceptors (Lipinski definition) is 3. The summed E-state index contributed by atoms with van der Waals surface area (Å²) in [6.45, 7) is 4.88. The van der Waals surface area contributed by atoms with Crippen LogP contribution in [-0.4, -0.2) is 16.9 Å². The Labute approximate surface area is 158 Å². The fourth-order valence-electron chi connectivity index (χ4n) is 4.40. The molecular formula is C22H26O3S. The molecule has 0 N–H and O–H groups in total. The van der Waals surface area contributed by atoms with E-state index in [1.165, 1.54) is 0 Å². The number of epoxide rings is 1. The molecule has 0 aliphatic carbocycles. The first-order valence-electron chi connectivity index (χ1n) is 9.56. The zero-order valence-corrected chi connectivity index (χ0v) is 16.3. The van der Waals surface area contributed by atoms with Crippen molar-refractivity contribution < 1.29 is 13.1 Å². The second-order valence-electron chi connectivity index (χ2n) is 7.41. The molecule has 2 aliphatic rings. The SMILES string of the molecule is CCCC[C@]1(CC)COS(=O)c2ccccc2[C@@]2(c3ccccc3)O[C@@H]12. The minimum atomic E-state index is -1.47. The molecule has 0 spiro atoms. The van der Waals surface area contributed by atoms with Crippen LogP contribution in [0, 0.1) is 5.41 Å². The van der Waals surface area contributed by atoms with E-state index in [2.05, 4.69) is 44.2 Å². The Kier molecular flexibility index (Phi) is 4.76. The first kappa shape index (κ1) is 17.9. The predicted molar refractivity (Wildman–Crippen MR) is 103 cm³/mol. The lowest BCUT2D eigenvalue weighted by Crippen LogP contribution is -2.38. The van der Waals surface area contributed by atoms with Crippen molar-refractivity contribution in [1.82, 2.24) is 0 Å². The molecule has 0 aromatic heterocycles. The van der Waals surface area contributed by atoms with Gasteiger partial charge in [0.2, 0.25) is 0 Å². The van der Waals surface area contributed by atoms with E-state index >= 15 is 0 Å². The van der Waals surface area contributed by atoms with Gasteiger partial charge in [-0.3, -0.25) is 4.18 Å². The number of benzene rings is 2. The summed E-state index contributed by atoms with van der Waals surface area (Å²) in [6, 6.07) is 18.3. The van der Waals surface area contributed by atoms with Crippen molar-refractivity contribution in [3.8, 4) is 0 Å². The van der Waals surface area contributed by atoms with Crippen LogP contribution in [0.15, 0.2) is 59.5 Å². The fraction of sp³-hybridized carbons (Fsp3) is 0.455. The highest BCUT2D eigenvalue weighted by molar-refractivity contribution is 7.80. The van der Waals surface area contributed by atoms with Crippen LogP contribution < -0.4 is 0 Å². The molecule has 2 aliphatic heterocycles. The lowest BCUT2D eigenvalue weighted by molar-refractivity contribution is 0.0958. The van der Waals surface area contributed by atoms with Gasteiger partial charge >= 0.3 is 0 Å². The number of hydrogen-bond donors (Lipinski definition) is 0. The summed E-state index contributed by atoms with van der Waals surface area (Å²) in [7, 11) is 0. The average Bonchev–Trinajstić information content (AvgIpc) is 3.45. The summed E-state index contributed by atoms with van der Waals surface area (Å²) in [4.78, 5) is 0.735. The first-order valence-corrected chi connectivity index (χ1v) is 10.6. The van der Waals surface area contributed by atoms with Crippen molar-refractivity contribution in [3.05, 3.63) is 65.7 Å². The Balaban J connectivity index is 1.89. The molecule has 2 aromatic carbocycles. The van der Waals surface area contributed by atoms with Crippen LogP contribution in [0.4, 0.5) is 0 Å². The molecule has 3 nitrogen and oxygen atoms in total. The van der Waals surface area contributed by atoms with Crippen molar-refractivity contribution in [2.24, 2.45) is 5.41 Å². The van der Waals surface area contributed by atoms with E-state index < -0.39 is 16.7 Å². The number of fused-ring (bicyclic) bond motifs is 3. The van der Waals surface area contributed by atoms with Crippen LogP contribution in [0.2, 0.25) is 0 Å². The standard InChI is InChI=1S/C22H26O3S/c1-3-5-15-21(4-2)16-24-26(23)19-14-10-9-13-18(19)22(20(21)25-22)17-11-7-6-8-12-17/h6-14,20H,3-5,15-16H2,1-2H3/t20-,21+,22+,26?/m0/s1. The van der Waals surface area contributed by atoms with Crippen molar-refractivity contribution in [2.75, 3.05) is 6.61 Å². The van der Waals surface area contributed by atoms with Crippen LogP contribution in [0.25, 0.3) is 0 Å². The van der Waals surface area contributed by atoms with E-state index in [4.69, 9.17) is 8.92 Å². The predicted octanol–water partition coefficient (Wildman–Crippen LogP) is 4.97. The topological polar surface area (TPSA) is 38.8 Å². The molecule has 1 fully saturated rings. The summed E-state index contributed by atoms with van der Waals surface area (Å²) in [5.74, 6) is 0. The molecule has 0 amide bonds. The number of ether oxygens (including phenoxy) is 1. The van der Waals surface area contributed by atoms with Crippen molar-refractivity contribution in [2.45, 2.75) is 56.1 Å². The zero-order valence-electron chi connectivity index (χ0n) is 15.4. The Morgan fingerprint density at radius 1 is 1.08 bits per heavy atom. The van der Waals surface area contributed by atoms with Crippen molar-refractivity contribution in [3.63, 3.8) is 0 Å². The van der Waals surface area contributed by atoms with E-state index in [1.54, 1.807) is 0 Å². The summed E-state index contributed by atoms with van der Waals surface area (Å²) in [5.41, 5.74) is 1.50. The molecule has 1 unspecified atom stereocenters. The van der Waals surface area contributed by atoms with Gasteiger partial charge in [-0.15, -0.1) is 0 Å². The minimum Gasteiger partial charge on any atom is -0.355 e. The molecule has 0 bridgehead atoms. The fourth-order valence-corrected chi connectivity index (χ4v) is 5.46. The maximum absolute atomic E-state index is 12.9. The van der Waals surface area contributed by atoms with E-state index in [1.807, 2.05) is 24.3 Å². The van der Waals surface area contributed by atoms with Gasteiger partial charge in [0.1, 0.15) is 11.7 Å². The Morgan fingerprint density at radius 2 is 1.81 bits per heavy atom. The highest BCUT2D eigenvalue weighted by Gasteiger charge is 2.68. The van der Waals surface area contributed by atoms with Crippen LogP contribution >= 0.6 is 0 Å². The zero-order chi connectivity index (χ0) is 18.2. The highest BCUT2D eigenvalue weighted by atomic mass is 32.2. The third-order valence-electron chi connectivity index (χ3n) is 6.03. The number of unbranched alkanes of at least 4 members (excludes halogenated alkanes) is 1. The molecular weight excluding hydrogens is 344 g/mol. The van der Waals surface area contributed by atoms with E-state index in [0.717, 1.165) is 41.7 Å². The van der Waals surface area contributed by atoms with Crippen molar-refractivity contribution in [1.29, 1.82) is 0 Å². The van der Waals surface area contributed by atoms with Gasteiger partial charge in [-0.2, -0.15) is 0 Å². The summed E-state index contributed by atoms with van der Waals surface area (Å²) >= 11 is -1.47. The van der Waals surface area contributed by atoms with Gasteiger partial charge in [-0.1, -0.05) is 75.2 Å². The molecule has 26 heavy (non-hydrogen) atoms. The second kappa shape index (κ2) is 6.91. The largest absolute Gasteiger partial charge is 0.355 e. The molecule has 4 rings (SSSR count). The maximum Gasteiger partial charge on any atom is 0.189 e. The molecule has 0 saturated carbocycles. The minimum absolute atomic E-state index is 0.0485. The third-order valence-corrected chi connectivity index (χ3v) is 7.07. The average molecular weight is 371 g/mol. The second-order valence-corrected chi connectivity index (χ2v) is 8.56. The van der Waals surface area contributed by atoms with Crippen LogP contribution in [0.1, 0.15) is 50.7 Å². The van der Waals surface area contributed by atoms with Crippen molar-refractivity contribution >= 4 is 11.1 Å². The van der Waals surface area contributed by atoms with Gasteiger partial charge in [-0.25, -0.2) is 4.21 Å². The monoisotopic (exact) mass is 370 g/mol. The molecule has 0 radical (unpaired) electrons. The smallest absolute Gasteiger partial charge is 0.189 e. The van der Waals surface area contributed by atoms with E-state index in [9.17, 15) is 4.21 Å². The highest BCUT2D eigenvalue weighted by Crippen LogP contribution is 2.62. The van der Waals surface area contributed by atoms with Crippen LogP contribution in [0.5, 0.6) is 0 Å². The van der Waals surface area contributed by atoms with Gasteiger partial charge in [0.05, 0.1) is 11.5 Å². The maximum atomic E-state index is 12.9. The van der Waals surface area contributed by atoms with E-state index in [-0.39, 0.29) is 11.5 Å². The summed E-state index contributed by atoms with van der Waals surface area (Å²) in [5, 5.41) is 0. The molecule has 1 saturated heterocycles. The molecule has 2 aromatic rings. The Hall–Kier alpha value is -1.49. The lowest BCUT2D eigenvalue weighted by Gasteiger charge is -2.34. The first-order chi connectivity index (χ1) is 12.7. The van der Waals surface area contributed by atoms with Crippen LogP contribution in [0.3, 0.4) is 0 Å². The van der Waals surface area contributed by atoms with Gasteiger partial charge in [-0.05, 0) is 24.5 Å². The van der Waals surface area contributed by atoms with Gasteiger partial charge < -0.3 is 4.74 Å². The molecule has 4 heteroatoms. The van der Waals surface area contributed by atoms with Crippen LogP contribution in [-0.2, 0) is 25.6 Å². The van der Waals surface area contributed by atoms with E-state index in [0.29, 0.717) is 6.61 Å². The quantitative estimate of drug-likeness (QED) is 0.698.